The zero-order valence-corrected chi connectivity index (χ0v) is 8.46. The van der Waals surface area contributed by atoms with E-state index in [-0.39, 0.29) is 18.2 Å². The highest BCUT2D eigenvalue weighted by molar-refractivity contribution is 5.74. The highest BCUT2D eigenvalue weighted by Gasteiger charge is 2.56. The largest absolute Gasteiger partial charge is 0.421 e. The molecule has 1 aliphatic rings. The van der Waals surface area contributed by atoms with Gasteiger partial charge in [-0.15, -0.1) is 10.2 Å². The van der Waals surface area contributed by atoms with E-state index in [0.717, 1.165) is 0 Å². The molecule has 1 aromatic rings. The summed E-state index contributed by atoms with van der Waals surface area (Å²) in [6.07, 6.45) is -0.380. The molecule has 0 spiro atoms. The molecule has 0 aromatic carbocycles. The van der Waals surface area contributed by atoms with Gasteiger partial charge in [-0.05, 0) is 0 Å². The number of primary amides is 1. The Morgan fingerprint density at radius 3 is 2.81 bits per heavy atom. The summed E-state index contributed by atoms with van der Waals surface area (Å²) < 4.78 is 5.20. The summed E-state index contributed by atoms with van der Waals surface area (Å²) in [4.78, 5) is 10.6. The first-order valence-electron chi connectivity index (χ1n) is 4.78. The van der Waals surface area contributed by atoms with Crippen molar-refractivity contribution in [3.8, 4) is 0 Å². The lowest BCUT2D eigenvalue weighted by Gasteiger charge is -2.04. The smallest absolute Gasteiger partial charge is 0.239 e. The summed E-state index contributed by atoms with van der Waals surface area (Å²) in [5.74, 6) is -0.325. The quantitative estimate of drug-likeness (QED) is 0.457. The minimum absolute atomic E-state index is 0.0816. The van der Waals surface area contributed by atoms with Gasteiger partial charge in [0.25, 0.3) is 0 Å². The number of nitrogens with zero attached hydrogens (tertiary/aromatic N) is 2. The molecule has 16 heavy (non-hydrogen) atoms. The third-order valence-electron chi connectivity index (χ3n) is 2.54. The molecular weight excluding hydrogens is 214 g/mol. The van der Waals surface area contributed by atoms with Crippen LogP contribution in [0.3, 0.4) is 0 Å². The van der Waals surface area contributed by atoms with E-state index in [0.29, 0.717) is 6.42 Å². The van der Waals surface area contributed by atoms with Crippen LogP contribution in [0, 0.1) is 0 Å². The number of carbonyl (C=O) groups is 1. The molecule has 1 aromatic heterocycles. The van der Waals surface area contributed by atoms with Gasteiger partial charge in [0.15, 0.2) is 0 Å². The van der Waals surface area contributed by atoms with Gasteiger partial charge in [-0.25, -0.2) is 0 Å². The van der Waals surface area contributed by atoms with E-state index in [4.69, 9.17) is 21.6 Å². The van der Waals surface area contributed by atoms with Crippen molar-refractivity contribution in [1.82, 2.24) is 10.2 Å². The van der Waals surface area contributed by atoms with Gasteiger partial charge in [-0.3, -0.25) is 4.79 Å². The summed E-state index contributed by atoms with van der Waals surface area (Å²) >= 11 is 0. The Hall–Kier alpha value is -1.51. The summed E-state index contributed by atoms with van der Waals surface area (Å²) in [6.45, 7) is 0. The summed E-state index contributed by atoms with van der Waals surface area (Å²) in [5.41, 5.74) is 15.4. The second-order valence-corrected chi connectivity index (χ2v) is 3.98. The zero-order chi connectivity index (χ0) is 11.9. The first kappa shape index (κ1) is 11.0. The first-order valence-corrected chi connectivity index (χ1v) is 4.78. The van der Waals surface area contributed by atoms with Crippen molar-refractivity contribution in [2.75, 3.05) is 0 Å². The fourth-order valence-corrected chi connectivity index (χ4v) is 1.37. The maximum absolute atomic E-state index is 10.6. The van der Waals surface area contributed by atoms with E-state index in [2.05, 4.69) is 10.2 Å². The number of amides is 1. The van der Waals surface area contributed by atoms with Crippen molar-refractivity contribution in [2.24, 2.45) is 17.2 Å². The van der Waals surface area contributed by atoms with Gasteiger partial charge in [0.1, 0.15) is 5.54 Å². The SMILES string of the molecule is NC(=O)C[C@H](N)c1nnc(C2(N)CC2O)o1. The maximum atomic E-state index is 10.6. The standard InChI is InChI=1S/C8H13N5O3/c9-3(1-5(10)15)6-12-13-7(16-6)8(11)2-4(8)14/h3-4,14H,1-2,9,11H2,(H2,10,15)/t3-,4?,8?/m0/s1. The maximum Gasteiger partial charge on any atom is 0.239 e. The minimum Gasteiger partial charge on any atom is -0.421 e. The van der Waals surface area contributed by atoms with Crippen LogP contribution in [0.4, 0.5) is 0 Å². The van der Waals surface area contributed by atoms with Gasteiger partial charge in [0, 0.05) is 6.42 Å². The van der Waals surface area contributed by atoms with Crippen LogP contribution in [0.25, 0.3) is 0 Å². The van der Waals surface area contributed by atoms with Crippen molar-refractivity contribution >= 4 is 5.91 Å². The van der Waals surface area contributed by atoms with E-state index in [9.17, 15) is 9.90 Å². The van der Waals surface area contributed by atoms with E-state index < -0.39 is 23.6 Å². The van der Waals surface area contributed by atoms with Gasteiger partial charge in [-0.2, -0.15) is 0 Å². The molecule has 8 heteroatoms. The lowest BCUT2D eigenvalue weighted by atomic mass is 10.2. The molecule has 2 unspecified atom stereocenters. The molecule has 0 saturated heterocycles. The molecule has 1 fully saturated rings. The van der Waals surface area contributed by atoms with Crippen molar-refractivity contribution < 1.29 is 14.3 Å². The highest BCUT2D eigenvalue weighted by Crippen LogP contribution is 2.42. The molecule has 0 radical (unpaired) electrons. The Morgan fingerprint density at radius 2 is 2.31 bits per heavy atom. The predicted molar refractivity (Wildman–Crippen MR) is 51.5 cm³/mol. The number of hydrogen-bond donors (Lipinski definition) is 4. The Bertz CT molecular complexity index is 420. The van der Waals surface area contributed by atoms with Crippen LogP contribution in [0.2, 0.25) is 0 Å². The Morgan fingerprint density at radius 1 is 1.69 bits per heavy atom. The minimum atomic E-state index is -0.961. The van der Waals surface area contributed by atoms with Crippen molar-refractivity contribution in [3.05, 3.63) is 11.8 Å². The van der Waals surface area contributed by atoms with Gasteiger partial charge in [0.2, 0.25) is 17.7 Å². The van der Waals surface area contributed by atoms with Crippen molar-refractivity contribution in [2.45, 2.75) is 30.5 Å². The Labute approximate surface area is 90.8 Å². The molecule has 0 aliphatic heterocycles. The predicted octanol–water partition coefficient (Wildman–Crippen LogP) is -2.14. The number of aliphatic hydroxyl groups excluding tert-OH is 1. The van der Waals surface area contributed by atoms with Crippen molar-refractivity contribution in [1.29, 1.82) is 0 Å². The average Bonchev–Trinajstić information content (AvgIpc) is 2.68. The third-order valence-corrected chi connectivity index (χ3v) is 2.54. The van der Waals surface area contributed by atoms with Crippen molar-refractivity contribution in [3.63, 3.8) is 0 Å². The second kappa shape index (κ2) is 3.51. The first-order chi connectivity index (χ1) is 7.43. The van der Waals surface area contributed by atoms with Crippen LogP contribution in [-0.4, -0.2) is 27.3 Å². The van der Waals surface area contributed by atoms with E-state index >= 15 is 0 Å². The van der Waals surface area contributed by atoms with E-state index in [1.54, 1.807) is 0 Å². The molecule has 1 saturated carbocycles. The molecule has 0 bridgehead atoms. The van der Waals surface area contributed by atoms with E-state index in [1.807, 2.05) is 0 Å². The molecule has 3 atom stereocenters. The summed E-state index contributed by atoms with van der Waals surface area (Å²) in [6, 6.07) is -0.738. The van der Waals surface area contributed by atoms with Gasteiger partial charge in [0.05, 0.1) is 18.6 Å². The molecule has 1 amide bonds. The summed E-state index contributed by atoms with van der Waals surface area (Å²) in [7, 11) is 0. The molecular formula is C8H13N5O3. The fourth-order valence-electron chi connectivity index (χ4n) is 1.37. The number of carbonyl (C=O) groups excluding carboxylic acids is 1. The van der Waals surface area contributed by atoms with E-state index in [1.165, 1.54) is 0 Å². The van der Waals surface area contributed by atoms with Crippen LogP contribution in [0.1, 0.15) is 30.7 Å². The molecule has 1 aliphatic carbocycles. The molecule has 8 nitrogen and oxygen atoms in total. The van der Waals surface area contributed by atoms with Gasteiger partial charge < -0.3 is 26.7 Å². The topological polar surface area (TPSA) is 154 Å². The van der Waals surface area contributed by atoms with Crippen LogP contribution >= 0.6 is 0 Å². The number of nitrogens with two attached hydrogens (primary N) is 3. The lowest BCUT2D eigenvalue weighted by Crippen LogP contribution is -2.24. The van der Waals surface area contributed by atoms with Crippen LogP contribution in [0.15, 0.2) is 4.42 Å². The van der Waals surface area contributed by atoms with Crippen LogP contribution in [0.5, 0.6) is 0 Å². The van der Waals surface area contributed by atoms with Crippen LogP contribution < -0.4 is 17.2 Å². The monoisotopic (exact) mass is 227 g/mol. The van der Waals surface area contributed by atoms with Crippen LogP contribution in [-0.2, 0) is 10.3 Å². The highest BCUT2D eigenvalue weighted by atomic mass is 16.4. The zero-order valence-electron chi connectivity index (χ0n) is 8.46. The molecule has 88 valence electrons. The number of rotatable bonds is 4. The average molecular weight is 227 g/mol. The third kappa shape index (κ3) is 1.77. The fraction of sp³-hybridized carbons (Fsp3) is 0.625. The molecule has 1 heterocycles. The number of aliphatic hydroxyl groups is 1. The van der Waals surface area contributed by atoms with Gasteiger partial charge in [-0.1, -0.05) is 0 Å². The lowest BCUT2D eigenvalue weighted by molar-refractivity contribution is -0.118. The number of hydrogen-bond acceptors (Lipinski definition) is 7. The molecule has 2 rings (SSSR count). The number of aromatic nitrogens is 2. The summed E-state index contributed by atoms with van der Waals surface area (Å²) in [5, 5.41) is 16.6. The second-order valence-electron chi connectivity index (χ2n) is 3.98. The molecule has 7 N–H and O–H groups in total. The Balaban J connectivity index is 2.11. The Kier molecular flexibility index (Phi) is 2.41. The normalized spacial score (nSPS) is 30.1. The van der Waals surface area contributed by atoms with Gasteiger partial charge >= 0.3 is 0 Å².